The van der Waals surface area contributed by atoms with E-state index in [2.05, 4.69) is 15.0 Å². The highest BCUT2D eigenvalue weighted by molar-refractivity contribution is 5.90. The predicted octanol–water partition coefficient (Wildman–Crippen LogP) is 4.07. The Kier molecular flexibility index (Phi) is 3.85. The molecule has 0 aliphatic rings. The summed E-state index contributed by atoms with van der Waals surface area (Å²) < 4.78 is 0. The molecule has 5 rings (SSSR count). The first-order valence-corrected chi connectivity index (χ1v) is 8.99. The van der Waals surface area contributed by atoms with Gasteiger partial charge in [-0.2, -0.15) is 5.26 Å². The Labute approximate surface area is 165 Å². The van der Waals surface area contributed by atoms with Gasteiger partial charge in [-0.1, -0.05) is 42.5 Å². The maximum absolute atomic E-state index is 11.9. The van der Waals surface area contributed by atoms with Gasteiger partial charge in [-0.05, 0) is 18.2 Å². The number of nitrogens with one attached hydrogen (secondary N) is 1. The Bertz CT molecular complexity index is 1480. The molecule has 3 aromatic heterocycles. The van der Waals surface area contributed by atoms with Crippen LogP contribution in [0.5, 0.6) is 0 Å². The van der Waals surface area contributed by atoms with Gasteiger partial charge in [-0.25, -0.2) is 9.97 Å². The lowest BCUT2D eigenvalue weighted by atomic mass is 10.0. The highest BCUT2D eigenvalue weighted by Crippen LogP contribution is 2.32. The van der Waals surface area contributed by atoms with Crippen LogP contribution < -0.4 is 5.56 Å². The molecule has 29 heavy (non-hydrogen) atoms. The molecule has 0 spiro atoms. The van der Waals surface area contributed by atoms with Crippen LogP contribution >= 0.6 is 0 Å². The molecule has 0 bridgehead atoms. The zero-order chi connectivity index (χ0) is 19.8. The summed E-state index contributed by atoms with van der Waals surface area (Å²) in [5, 5.41) is 10.4. The number of hydrogen-bond donors (Lipinski definition) is 1. The third-order valence-electron chi connectivity index (χ3n) is 4.71. The van der Waals surface area contributed by atoms with Gasteiger partial charge in [0.05, 0.1) is 22.5 Å². The van der Waals surface area contributed by atoms with Gasteiger partial charge in [-0.15, -0.1) is 0 Å². The second-order valence-corrected chi connectivity index (χ2v) is 6.55. The first-order valence-electron chi connectivity index (χ1n) is 8.99. The van der Waals surface area contributed by atoms with Gasteiger partial charge in [0.15, 0.2) is 5.65 Å². The summed E-state index contributed by atoms with van der Waals surface area (Å²) >= 11 is 0. The van der Waals surface area contributed by atoms with E-state index in [-0.39, 0.29) is 11.1 Å². The van der Waals surface area contributed by atoms with E-state index >= 15 is 0 Å². The fraction of sp³-hybridized carbons (Fsp3) is 0. The number of H-pyrrole nitrogens is 1. The molecule has 136 valence electrons. The monoisotopic (exact) mass is 375 g/mol. The van der Waals surface area contributed by atoms with Gasteiger partial charge in [0.2, 0.25) is 0 Å². The number of hydrogen-bond acceptors (Lipinski definition) is 5. The molecule has 0 aliphatic carbocycles. The number of nitriles is 1. The molecule has 1 N–H and O–H groups in total. The Morgan fingerprint density at radius 3 is 2.52 bits per heavy atom. The van der Waals surface area contributed by atoms with E-state index in [4.69, 9.17) is 4.98 Å². The van der Waals surface area contributed by atoms with Gasteiger partial charge >= 0.3 is 0 Å². The van der Waals surface area contributed by atoms with Crippen molar-refractivity contribution in [3.8, 4) is 28.6 Å². The third kappa shape index (κ3) is 2.91. The van der Waals surface area contributed by atoms with Crippen LogP contribution in [0.1, 0.15) is 5.56 Å². The largest absolute Gasteiger partial charge is 0.305 e. The molecule has 6 nitrogen and oxygen atoms in total. The Morgan fingerprint density at radius 1 is 0.862 bits per heavy atom. The Morgan fingerprint density at radius 2 is 1.69 bits per heavy atom. The smallest absolute Gasteiger partial charge is 0.250 e. The van der Waals surface area contributed by atoms with E-state index in [0.29, 0.717) is 22.6 Å². The van der Waals surface area contributed by atoms with Crippen molar-refractivity contribution in [2.45, 2.75) is 0 Å². The van der Waals surface area contributed by atoms with Gasteiger partial charge in [0.1, 0.15) is 11.6 Å². The second kappa shape index (κ2) is 6.66. The van der Waals surface area contributed by atoms with Crippen LogP contribution in [0, 0.1) is 11.3 Å². The van der Waals surface area contributed by atoms with Crippen molar-refractivity contribution >= 4 is 22.1 Å². The maximum atomic E-state index is 11.9. The minimum atomic E-state index is -0.383. The normalized spacial score (nSPS) is 10.9. The summed E-state index contributed by atoms with van der Waals surface area (Å²) in [4.78, 5) is 28.4. The summed E-state index contributed by atoms with van der Waals surface area (Å²) in [6.45, 7) is 0. The van der Waals surface area contributed by atoms with Crippen molar-refractivity contribution in [2.24, 2.45) is 0 Å². The van der Waals surface area contributed by atoms with Crippen molar-refractivity contribution in [2.75, 3.05) is 0 Å². The lowest BCUT2D eigenvalue weighted by Crippen LogP contribution is -2.09. The van der Waals surface area contributed by atoms with Crippen LogP contribution in [0.3, 0.4) is 0 Å². The first kappa shape index (κ1) is 16.8. The molecule has 5 aromatic rings. The number of rotatable bonds is 2. The van der Waals surface area contributed by atoms with Crippen LogP contribution in [0.25, 0.3) is 44.6 Å². The van der Waals surface area contributed by atoms with Gasteiger partial charge in [0, 0.05) is 28.8 Å². The fourth-order valence-corrected chi connectivity index (χ4v) is 3.37. The van der Waals surface area contributed by atoms with Crippen LogP contribution in [0.4, 0.5) is 0 Å². The zero-order valence-corrected chi connectivity index (χ0v) is 15.1. The highest BCUT2D eigenvalue weighted by atomic mass is 16.1. The van der Waals surface area contributed by atoms with Gasteiger partial charge in [0.25, 0.3) is 5.56 Å². The van der Waals surface area contributed by atoms with E-state index < -0.39 is 0 Å². The van der Waals surface area contributed by atoms with Crippen molar-refractivity contribution in [1.29, 1.82) is 5.26 Å². The van der Waals surface area contributed by atoms with Gasteiger partial charge < -0.3 is 4.98 Å². The Hall–Kier alpha value is -4.37. The maximum Gasteiger partial charge on any atom is 0.250 e. The zero-order valence-electron chi connectivity index (χ0n) is 15.1. The van der Waals surface area contributed by atoms with E-state index in [1.165, 1.54) is 6.07 Å². The average molecular weight is 375 g/mol. The van der Waals surface area contributed by atoms with Crippen molar-refractivity contribution in [1.82, 2.24) is 19.9 Å². The molecule has 0 unspecified atom stereocenters. The summed E-state index contributed by atoms with van der Waals surface area (Å²) in [6, 6.07) is 22.7. The van der Waals surface area contributed by atoms with E-state index in [1.807, 2.05) is 66.7 Å². The molecule has 2 aromatic carbocycles. The van der Waals surface area contributed by atoms with Crippen LogP contribution in [0.15, 0.2) is 77.7 Å². The molecule has 6 heteroatoms. The van der Waals surface area contributed by atoms with Crippen LogP contribution in [-0.2, 0) is 0 Å². The fourth-order valence-electron chi connectivity index (χ4n) is 3.37. The average Bonchev–Trinajstić information content (AvgIpc) is 2.78. The van der Waals surface area contributed by atoms with Crippen LogP contribution in [0.2, 0.25) is 0 Å². The lowest BCUT2D eigenvalue weighted by Gasteiger charge is -2.11. The molecule has 0 fully saturated rings. The molecule has 0 saturated carbocycles. The van der Waals surface area contributed by atoms with Gasteiger partial charge in [-0.3, -0.25) is 9.78 Å². The number of aromatic nitrogens is 4. The summed E-state index contributed by atoms with van der Waals surface area (Å²) in [5.41, 5.74) is 4.34. The minimum Gasteiger partial charge on any atom is -0.305 e. The number of aromatic amines is 1. The van der Waals surface area contributed by atoms with Crippen molar-refractivity contribution in [3.63, 3.8) is 0 Å². The molecule has 0 aliphatic heterocycles. The molecular formula is C23H13N5O. The third-order valence-corrected chi connectivity index (χ3v) is 4.71. The highest BCUT2D eigenvalue weighted by Gasteiger charge is 2.16. The van der Waals surface area contributed by atoms with E-state index in [9.17, 15) is 10.1 Å². The number of fused-ring (bicyclic) bond motifs is 2. The summed E-state index contributed by atoms with van der Waals surface area (Å²) in [5.74, 6) is 0. The standard InChI is InChI=1S/C23H13N5O/c24-13-17-12-19(29)26-23-22(17)27-21(20(28-23)14-5-2-1-3-6-14)16-8-9-18-15(11-16)7-4-10-25-18/h1-12H,(H,26,28,29). The number of nitrogens with zero attached hydrogens (tertiary/aromatic N) is 4. The molecular weight excluding hydrogens is 362 g/mol. The second-order valence-electron chi connectivity index (χ2n) is 6.55. The summed E-state index contributed by atoms with van der Waals surface area (Å²) in [6.07, 6.45) is 1.75. The van der Waals surface area contributed by atoms with E-state index in [0.717, 1.165) is 22.0 Å². The van der Waals surface area contributed by atoms with Crippen molar-refractivity contribution in [3.05, 3.63) is 88.8 Å². The molecule has 0 radical (unpaired) electrons. The Balaban J connectivity index is 1.87. The predicted molar refractivity (Wildman–Crippen MR) is 111 cm³/mol. The molecule has 3 heterocycles. The molecule has 0 atom stereocenters. The lowest BCUT2D eigenvalue weighted by molar-refractivity contribution is 1.18. The molecule has 0 saturated heterocycles. The number of pyridine rings is 2. The SMILES string of the molecule is N#Cc1cc(=O)[nH]c2nc(-c3ccccc3)c(-c3ccc4ncccc4c3)nc12. The quantitative estimate of drug-likeness (QED) is 0.502. The first-order chi connectivity index (χ1) is 14.2. The van der Waals surface area contributed by atoms with Crippen molar-refractivity contribution < 1.29 is 0 Å². The van der Waals surface area contributed by atoms with Crippen LogP contribution in [-0.4, -0.2) is 19.9 Å². The summed E-state index contributed by atoms with van der Waals surface area (Å²) in [7, 11) is 0. The minimum absolute atomic E-state index is 0.194. The molecule has 0 amide bonds. The van der Waals surface area contributed by atoms with E-state index in [1.54, 1.807) is 6.20 Å². The topological polar surface area (TPSA) is 95.3 Å². The number of benzene rings is 2.